The smallest absolute Gasteiger partial charge is 0.266 e. The lowest BCUT2D eigenvalue weighted by Crippen LogP contribution is -2.44. The fourth-order valence-electron chi connectivity index (χ4n) is 2.67. The summed E-state index contributed by atoms with van der Waals surface area (Å²) < 4.78 is 22.9. The lowest BCUT2D eigenvalue weighted by atomic mass is 10.2. The van der Waals surface area contributed by atoms with Crippen molar-refractivity contribution in [3.63, 3.8) is 0 Å². The molecule has 0 saturated carbocycles. The molecule has 0 spiro atoms. The zero-order valence-electron chi connectivity index (χ0n) is 15.6. The predicted octanol–water partition coefficient (Wildman–Crippen LogP) is 2.27. The first-order valence-corrected chi connectivity index (χ1v) is 11.3. The number of anilines is 1. The van der Waals surface area contributed by atoms with Gasteiger partial charge >= 0.3 is 0 Å². The molecule has 2 amide bonds. The van der Waals surface area contributed by atoms with E-state index in [9.17, 15) is 23.1 Å². The van der Waals surface area contributed by atoms with Gasteiger partial charge in [-0.25, -0.2) is 13.6 Å². The first-order valence-electron chi connectivity index (χ1n) is 8.56. The lowest BCUT2D eigenvalue weighted by Gasteiger charge is -2.22. The van der Waals surface area contributed by atoms with Crippen LogP contribution in [0.15, 0.2) is 58.3 Å². The Bertz CT molecular complexity index is 1160. The average Bonchev–Trinajstić information content (AvgIpc) is 2.94. The van der Waals surface area contributed by atoms with Crippen LogP contribution in [0.4, 0.5) is 5.69 Å². The number of thioether (sulfide) groups is 1. The van der Waals surface area contributed by atoms with Gasteiger partial charge in [0.05, 0.1) is 9.80 Å². The van der Waals surface area contributed by atoms with Crippen LogP contribution in [0.25, 0.3) is 6.08 Å². The van der Waals surface area contributed by atoms with Crippen molar-refractivity contribution in [3.05, 3.63) is 59.0 Å². The number of nitrogens with zero attached hydrogens (tertiary/aromatic N) is 1. The van der Waals surface area contributed by atoms with Crippen molar-refractivity contribution in [2.75, 3.05) is 5.32 Å². The number of phenols is 1. The number of primary sulfonamides is 1. The van der Waals surface area contributed by atoms with Gasteiger partial charge in [-0.3, -0.25) is 14.5 Å². The summed E-state index contributed by atoms with van der Waals surface area (Å²) in [5, 5.41) is 17.2. The second-order valence-electron chi connectivity index (χ2n) is 6.38. The van der Waals surface area contributed by atoms with E-state index in [1.807, 2.05) is 0 Å². The molecule has 0 bridgehead atoms. The predicted molar refractivity (Wildman–Crippen MR) is 119 cm³/mol. The summed E-state index contributed by atoms with van der Waals surface area (Å²) in [6, 6.07) is 10.9. The SMILES string of the molecule is CC(C(=O)Nc1ccc(S(N)(=O)=O)cc1)N1C(=O)/C(=C/c2cccc(O)c2)SC1=S. The molecule has 11 heteroatoms. The molecule has 0 aromatic heterocycles. The fraction of sp³-hybridized carbons (Fsp3) is 0.105. The van der Waals surface area contributed by atoms with Crippen LogP contribution in [0.3, 0.4) is 0 Å². The molecule has 1 unspecified atom stereocenters. The summed E-state index contributed by atoms with van der Waals surface area (Å²) in [6.07, 6.45) is 1.59. The molecule has 1 aliphatic heterocycles. The van der Waals surface area contributed by atoms with E-state index in [4.69, 9.17) is 17.4 Å². The molecule has 0 aliphatic carbocycles. The second-order valence-corrected chi connectivity index (χ2v) is 9.62. The highest BCUT2D eigenvalue weighted by Gasteiger charge is 2.38. The quantitative estimate of drug-likeness (QED) is 0.458. The maximum atomic E-state index is 12.8. The maximum absolute atomic E-state index is 12.8. The third kappa shape index (κ3) is 4.87. The van der Waals surface area contributed by atoms with Crippen LogP contribution < -0.4 is 10.5 Å². The maximum Gasteiger partial charge on any atom is 0.266 e. The molecule has 1 aliphatic rings. The minimum absolute atomic E-state index is 0.0698. The summed E-state index contributed by atoms with van der Waals surface area (Å²) in [5.74, 6) is -0.839. The number of carbonyl (C=O) groups is 2. The molecular weight excluding hydrogens is 446 g/mol. The molecule has 1 saturated heterocycles. The highest BCUT2D eigenvalue weighted by Crippen LogP contribution is 2.34. The number of benzene rings is 2. The molecule has 30 heavy (non-hydrogen) atoms. The number of hydrogen-bond acceptors (Lipinski definition) is 7. The number of sulfonamides is 1. The zero-order valence-corrected chi connectivity index (χ0v) is 18.1. The number of nitrogens with one attached hydrogen (secondary N) is 1. The van der Waals surface area contributed by atoms with Crippen LogP contribution >= 0.6 is 24.0 Å². The summed E-state index contributed by atoms with van der Waals surface area (Å²) in [6.45, 7) is 1.54. The molecule has 1 atom stereocenters. The number of thiocarbonyl (C=S) groups is 1. The molecule has 4 N–H and O–H groups in total. The van der Waals surface area contributed by atoms with Gasteiger partial charge in [-0.05, 0) is 55.0 Å². The minimum atomic E-state index is -3.83. The Balaban J connectivity index is 1.74. The van der Waals surface area contributed by atoms with E-state index in [0.29, 0.717) is 16.2 Å². The fourth-order valence-corrected chi connectivity index (χ4v) is 4.61. The van der Waals surface area contributed by atoms with Crippen LogP contribution in [0.1, 0.15) is 12.5 Å². The van der Waals surface area contributed by atoms with Gasteiger partial charge in [0.1, 0.15) is 16.1 Å². The van der Waals surface area contributed by atoms with Gasteiger partial charge in [0.2, 0.25) is 15.9 Å². The zero-order chi connectivity index (χ0) is 22.1. The van der Waals surface area contributed by atoms with Crippen molar-refractivity contribution < 1.29 is 23.1 Å². The summed E-state index contributed by atoms with van der Waals surface area (Å²) in [7, 11) is -3.83. The van der Waals surface area contributed by atoms with E-state index < -0.39 is 27.9 Å². The normalized spacial score (nSPS) is 16.7. The van der Waals surface area contributed by atoms with Gasteiger partial charge in [-0.15, -0.1) is 0 Å². The topological polar surface area (TPSA) is 130 Å². The third-order valence-electron chi connectivity index (χ3n) is 4.21. The van der Waals surface area contributed by atoms with Gasteiger partial charge in [-0.2, -0.15) is 0 Å². The molecular formula is C19H17N3O5S3. The lowest BCUT2D eigenvalue weighted by molar-refractivity contribution is -0.129. The molecule has 2 aromatic rings. The Morgan fingerprint density at radius 1 is 1.27 bits per heavy atom. The number of aromatic hydroxyl groups is 1. The van der Waals surface area contributed by atoms with Crippen molar-refractivity contribution in [1.82, 2.24) is 4.90 Å². The van der Waals surface area contributed by atoms with E-state index in [2.05, 4.69) is 5.32 Å². The van der Waals surface area contributed by atoms with Crippen LogP contribution in [-0.2, 0) is 19.6 Å². The molecule has 1 fully saturated rings. The molecule has 0 radical (unpaired) electrons. The van der Waals surface area contributed by atoms with E-state index in [0.717, 1.165) is 11.8 Å². The van der Waals surface area contributed by atoms with E-state index >= 15 is 0 Å². The molecule has 156 valence electrons. The van der Waals surface area contributed by atoms with Crippen LogP contribution in [0.2, 0.25) is 0 Å². The Morgan fingerprint density at radius 2 is 1.93 bits per heavy atom. The first-order chi connectivity index (χ1) is 14.1. The Hall–Kier alpha value is -2.73. The average molecular weight is 464 g/mol. The van der Waals surface area contributed by atoms with Crippen molar-refractivity contribution in [2.24, 2.45) is 5.14 Å². The Labute approximate surface area is 182 Å². The van der Waals surface area contributed by atoms with Crippen LogP contribution in [0.5, 0.6) is 5.75 Å². The largest absolute Gasteiger partial charge is 0.508 e. The van der Waals surface area contributed by atoms with E-state index in [1.165, 1.54) is 48.2 Å². The standard InChI is InChI=1S/C19H17N3O5S3/c1-11(17(24)21-13-5-7-15(8-6-13)30(20,26)27)22-18(25)16(29-19(22)28)10-12-3-2-4-14(23)9-12/h2-11,23H,1H3,(H,21,24)(H2,20,26,27)/b16-10-. The third-order valence-corrected chi connectivity index (χ3v) is 6.47. The summed E-state index contributed by atoms with van der Waals surface area (Å²) in [4.78, 5) is 26.9. The number of phenolic OH excluding ortho intramolecular Hbond substituents is 1. The molecule has 1 heterocycles. The highest BCUT2D eigenvalue weighted by atomic mass is 32.2. The van der Waals surface area contributed by atoms with Gasteiger partial charge < -0.3 is 10.4 Å². The number of carbonyl (C=O) groups excluding carboxylic acids is 2. The number of nitrogens with two attached hydrogens (primary N) is 1. The number of hydrogen-bond donors (Lipinski definition) is 3. The number of rotatable bonds is 5. The van der Waals surface area contributed by atoms with Gasteiger partial charge in [0.15, 0.2) is 0 Å². The van der Waals surface area contributed by atoms with E-state index in [1.54, 1.807) is 18.2 Å². The van der Waals surface area contributed by atoms with Crippen LogP contribution in [0, 0.1) is 0 Å². The summed E-state index contributed by atoms with van der Waals surface area (Å²) >= 11 is 6.34. The minimum Gasteiger partial charge on any atom is -0.508 e. The van der Waals surface area contributed by atoms with E-state index in [-0.39, 0.29) is 15.0 Å². The molecule has 2 aromatic carbocycles. The van der Waals surface area contributed by atoms with Crippen molar-refractivity contribution in [3.8, 4) is 5.75 Å². The second kappa shape index (κ2) is 8.56. The van der Waals surface area contributed by atoms with Crippen LogP contribution in [-0.4, -0.2) is 40.6 Å². The van der Waals surface area contributed by atoms with Gasteiger partial charge in [0.25, 0.3) is 5.91 Å². The van der Waals surface area contributed by atoms with Gasteiger partial charge in [0, 0.05) is 5.69 Å². The van der Waals surface area contributed by atoms with Crippen molar-refractivity contribution in [1.29, 1.82) is 0 Å². The Kier molecular flexibility index (Phi) is 6.27. The van der Waals surface area contributed by atoms with Crippen molar-refractivity contribution in [2.45, 2.75) is 17.9 Å². The molecule has 8 nitrogen and oxygen atoms in total. The highest BCUT2D eigenvalue weighted by molar-refractivity contribution is 8.26. The van der Waals surface area contributed by atoms with Crippen molar-refractivity contribution >= 4 is 61.9 Å². The monoisotopic (exact) mass is 463 g/mol. The first kappa shape index (κ1) is 22.0. The molecule has 3 rings (SSSR count). The summed E-state index contributed by atoms with van der Waals surface area (Å²) in [5.41, 5.74) is 0.975. The van der Waals surface area contributed by atoms with Gasteiger partial charge in [-0.1, -0.05) is 36.1 Å². The Morgan fingerprint density at radius 3 is 2.53 bits per heavy atom. The number of amides is 2.